The summed E-state index contributed by atoms with van der Waals surface area (Å²) in [6.45, 7) is 9.18. The minimum absolute atomic E-state index is 0.165. The van der Waals surface area contributed by atoms with Gasteiger partial charge in [0.2, 0.25) is 0 Å². The summed E-state index contributed by atoms with van der Waals surface area (Å²) in [6, 6.07) is 9.14. The maximum atomic E-state index is 2.33. The van der Waals surface area contributed by atoms with Crippen LogP contribution >= 0.6 is 0 Å². The van der Waals surface area contributed by atoms with Crippen molar-refractivity contribution in [3.05, 3.63) is 33.4 Å². The first-order chi connectivity index (χ1) is 6.01. The van der Waals surface area contributed by atoms with Crippen LogP contribution in [0.4, 0.5) is 0 Å². The number of benzene rings is 1. The molecule has 0 spiro atoms. The number of hydrogen-bond donors (Lipinski definition) is 0. The predicted octanol–water partition coefficient (Wildman–Crippen LogP) is 0.306. The molecule has 0 atom stereocenters. The van der Waals surface area contributed by atoms with Crippen molar-refractivity contribution < 1.29 is 21.2 Å². The van der Waals surface area contributed by atoms with Crippen LogP contribution in [0.5, 0.6) is 0 Å². The fraction of sp³-hybridized carbons (Fsp3) is 0.500. The number of hydrogen-bond acceptors (Lipinski definition) is 0. The summed E-state index contributed by atoms with van der Waals surface area (Å²) >= 11 is 0.165. The monoisotopic (exact) mass is 289 g/mol. The molecule has 0 fully saturated rings. The molecule has 1 rings (SSSR count). The number of aryl methyl sites for hydroxylation is 1. The van der Waals surface area contributed by atoms with Crippen molar-refractivity contribution in [2.24, 2.45) is 0 Å². The van der Waals surface area contributed by atoms with Crippen LogP contribution in [0.1, 0.15) is 33.3 Å². The molecular formula is C12H18I-. The Hall–Kier alpha value is -0.0500. The number of halogens is 1. The van der Waals surface area contributed by atoms with Gasteiger partial charge in [0, 0.05) is 0 Å². The van der Waals surface area contributed by atoms with Crippen LogP contribution in [0, 0.1) is 3.57 Å². The Morgan fingerprint density at radius 1 is 1.08 bits per heavy atom. The van der Waals surface area contributed by atoms with Crippen LogP contribution in [0.3, 0.4) is 0 Å². The second kappa shape index (κ2) is 4.45. The van der Waals surface area contributed by atoms with E-state index in [2.05, 4.69) is 52.0 Å². The van der Waals surface area contributed by atoms with E-state index in [-0.39, 0.29) is 21.2 Å². The van der Waals surface area contributed by atoms with Crippen LogP contribution in [0.25, 0.3) is 0 Å². The fourth-order valence-electron chi connectivity index (χ4n) is 1.11. The summed E-state index contributed by atoms with van der Waals surface area (Å²) in [5.41, 5.74) is 1.45. The van der Waals surface area contributed by atoms with E-state index in [4.69, 9.17) is 0 Å². The van der Waals surface area contributed by atoms with Crippen molar-refractivity contribution in [2.45, 2.75) is 37.5 Å². The first-order valence-corrected chi connectivity index (χ1v) is 6.92. The molecule has 0 saturated carbocycles. The maximum absolute atomic E-state index is 2.33. The first kappa shape index (κ1) is 11.0. The van der Waals surface area contributed by atoms with Gasteiger partial charge in [-0.2, -0.15) is 0 Å². The van der Waals surface area contributed by atoms with E-state index in [1.54, 1.807) is 3.57 Å². The molecule has 0 amide bonds. The Kier molecular flexibility index (Phi) is 3.77. The molecule has 1 aromatic rings. The van der Waals surface area contributed by atoms with E-state index in [0.717, 1.165) is 6.42 Å². The van der Waals surface area contributed by atoms with Crippen molar-refractivity contribution in [2.75, 3.05) is 0 Å². The molecule has 0 unspecified atom stereocenters. The molecule has 0 aliphatic heterocycles. The minimum atomic E-state index is 0.165. The Balaban J connectivity index is 2.70. The van der Waals surface area contributed by atoms with Crippen LogP contribution in [-0.2, 0) is 6.42 Å². The van der Waals surface area contributed by atoms with Gasteiger partial charge in [-0.15, -0.1) is 0 Å². The molecule has 0 saturated heterocycles. The zero-order valence-corrected chi connectivity index (χ0v) is 11.1. The molecular weight excluding hydrogens is 271 g/mol. The quantitative estimate of drug-likeness (QED) is 0.543. The standard InChI is InChI=1S/C12H18I/c1-5-10-6-8-11(9-7-10)13-12(2,3)4/h6-9H,5H2,1-4H3/q-1. The van der Waals surface area contributed by atoms with E-state index >= 15 is 0 Å². The van der Waals surface area contributed by atoms with Gasteiger partial charge in [-0.1, -0.05) is 0 Å². The van der Waals surface area contributed by atoms with Crippen molar-refractivity contribution in [3.63, 3.8) is 0 Å². The van der Waals surface area contributed by atoms with Gasteiger partial charge in [0.1, 0.15) is 0 Å². The van der Waals surface area contributed by atoms with E-state index in [1.807, 2.05) is 0 Å². The van der Waals surface area contributed by atoms with Crippen LogP contribution < -0.4 is 21.2 Å². The summed E-state index contributed by atoms with van der Waals surface area (Å²) in [5, 5.41) is 0. The second-order valence-corrected chi connectivity index (χ2v) is 9.16. The fourth-order valence-corrected chi connectivity index (χ4v) is 3.70. The Morgan fingerprint density at radius 3 is 2.00 bits per heavy atom. The zero-order chi connectivity index (χ0) is 9.90. The summed E-state index contributed by atoms with van der Waals surface area (Å²) < 4.78 is 2.07. The molecule has 0 aliphatic carbocycles. The topological polar surface area (TPSA) is 0 Å². The zero-order valence-electron chi connectivity index (χ0n) is 8.89. The van der Waals surface area contributed by atoms with Gasteiger partial charge in [-0.25, -0.2) is 0 Å². The van der Waals surface area contributed by atoms with E-state index in [9.17, 15) is 0 Å². The van der Waals surface area contributed by atoms with Crippen molar-refractivity contribution in [1.82, 2.24) is 0 Å². The molecule has 0 heterocycles. The van der Waals surface area contributed by atoms with Crippen molar-refractivity contribution in [3.8, 4) is 0 Å². The molecule has 13 heavy (non-hydrogen) atoms. The third-order valence-corrected chi connectivity index (χ3v) is 4.67. The third kappa shape index (κ3) is 4.12. The number of alkyl halides is 1. The second-order valence-electron chi connectivity index (χ2n) is 4.14. The Labute approximate surface area is 92.0 Å². The van der Waals surface area contributed by atoms with Crippen LogP contribution in [-0.4, -0.2) is 3.42 Å². The average molecular weight is 289 g/mol. The molecule has 1 aromatic carbocycles. The SMILES string of the molecule is CCc1ccc([I-]C(C)(C)C)cc1. The van der Waals surface area contributed by atoms with E-state index in [1.165, 1.54) is 5.56 Å². The van der Waals surface area contributed by atoms with Crippen molar-refractivity contribution in [1.29, 1.82) is 0 Å². The molecule has 0 aliphatic rings. The van der Waals surface area contributed by atoms with Gasteiger partial charge >= 0.3 is 92.1 Å². The molecule has 0 nitrogen and oxygen atoms in total. The van der Waals surface area contributed by atoms with Crippen molar-refractivity contribution >= 4 is 0 Å². The van der Waals surface area contributed by atoms with Gasteiger partial charge in [-0.3, -0.25) is 0 Å². The van der Waals surface area contributed by atoms with Gasteiger partial charge in [-0.05, 0) is 0 Å². The summed E-state index contributed by atoms with van der Waals surface area (Å²) in [4.78, 5) is 0. The van der Waals surface area contributed by atoms with Gasteiger partial charge in [0.15, 0.2) is 0 Å². The van der Waals surface area contributed by atoms with Crippen LogP contribution in [0.2, 0.25) is 0 Å². The van der Waals surface area contributed by atoms with E-state index in [0.29, 0.717) is 3.42 Å². The van der Waals surface area contributed by atoms with E-state index < -0.39 is 0 Å². The normalized spacial score (nSPS) is 12.0. The number of rotatable bonds is 2. The first-order valence-electron chi connectivity index (χ1n) is 4.76. The average Bonchev–Trinajstić information content (AvgIpc) is 2.03. The van der Waals surface area contributed by atoms with Gasteiger partial charge < -0.3 is 0 Å². The summed E-state index contributed by atoms with van der Waals surface area (Å²) in [6.07, 6.45) is 1.15. The Bertz CT molecular complexity index is 253. The summed E-state index contributed by atoms with van der Waals surface area (Å²) in [7, 11) is 0. The third-order valence-electron chi connectivity index (χ3n) is 1.71. The summed E-state index contributed by atoms with van der Waals surface area (Å²) in [5.74, 6) is 0. The van der Waals surface area contributed by atoms with Gasteiger partial charge in [0.25, 0.3) is 0 Å². The molecule has 0 aromatic heterocycles. The predicted molar refractivity (Wildman–Crippen MR) is 54.3 cm³/mol. The van der Waals surface area contributed by atoms with Crippen LogP contribution in [0.15, 0.2) is 24.3 Å². The molecule has 0 bridgehead atoms. The van der Waals surface area contributed by atoms with Gasteiger partial charge in [0.05, 0.1) is 0 Å². The molecule has 0 N–H and O–H groups in total. The molecule has 74 valence electrons. The molecule has 0 radical (unpaired) electrons. The molecule has 1 heteroatoms. The Morgan fingerprint density at radius 2 is 1.62 bits per heavy atom.